The van der Waals surface area contributed by atoms with E-state index in [1.54, 1.807) is 14.2 Å². The van der Waals surface area contributed by atoms with E-state index < -0.39 is 9.76 Å². The molecular weight excluding hydrogens is 244 g/mol. The zero-order chi connectivity index (χ0) is 13.2. The molecule has 1 aromatic rings. The standard InChI is InChI=1S/C14H22O3Si/c1-4-12-5-7-13(8-6-12)11-17-18-10-9-14(15-2)16-3/h4-8,14H,1,9-11,18H2,2-3H3. The molecule has 0 amide bonds. The van der Waals surface area contributed by atoms with Crippen molar-refractivity contribution in [3.8, 4) is 0 Å². The molecule has 0 N–H and O–H groups in total. The van der Waals surface area contributed by atoms with E-state index in [9.17, 15) is 0 Å². The normalized spacial score (nSPS) is 11.5. The zero-order valence-electron chi connectivity index (χ0n) is 11.2. The van der Waals surface area contributed by atoms with Crippen LogP contribution < -0.4 is 0 Å². The van der Waals surface area contributed by atoms with Crippen LogP contribution in [0.2, 0.25) is 6.04 Å². The molecule has 0 saturated heterocycles. The summed E-state index contributed by atoms with van der Waals surface area (Å²) in [6.45, 7) is 4.43. The summed E-state index contributed by atoms with van der Waals surface area (Å²) in [5.74, 6) is 0. The van der Waals surface area contributed by atoms with E-state index in [4.69, 9.17) is 13.9 Å². The number of benzene rings is 1. The maximum Gasteiger partial charge on any atom is 0.162 e. The second-order valence-corrected chi connectivity index (χ2v) is 5.57. The summed E-state index contributed by atoms with van der Waals surface area (Å²) < 4.78 is 16.0. The van der Waals surface area contributed by atoms with Crippen LogP contribution in [0.5, 0.6) is 0 Å². The van der Waals surface area contributed by atoms with Crippen LogP contribution in [0.1, 0.15) is 17.5 Å². The van der Waals surface area contributed by atoms with Crippen molar-refractivity contribution < 1.29 is 13.9 Å². The Balaban J connectivity index is 2.15. The quantitative estimate of drug-likeness (QED) is 0.390. The maximum absolute atomic E-state index is 5.73. The second-order valence-electron chi connectivity index (χ2n) is 4.04. The molecule has 1 aromatic carbocycles. The topological polar surface area (TPSA) is 27.7 Å². The summed E-state index contributed by atoms with van der Waals surface area (Å²) in [6, 6.07) is 9.34. The van der Waals surface area contributed by atoms with E-state index in [1.807, 2.05) is 6.08 Å². The first-order valence-electron chi connectivity index (χ1n) is 6.15. The molecule has 0 heterocycles. The zero-order valence-corrected chi connectivity index (χ0v) is 12.6. The van der Waals surface area contributed by atoms with E-state index in [0.29, 0.717) is 6.61 Å². The Bertz CT molecular complexity index is 333. The minimum Gasteiger partial charge on any atom is -0.420 e. The van der Waals surface area contributed by atoms with Crippen LogP contribution in [-0.2, 0) is 20.5 Å². The summed E-state index contributed by atoms with van der Waals surface area (Å²) >= 11 is 0. The molecule has 0 spiro atoms. The fraction of sp³-hybridized carbons (Fsp3) is 0.429. The van der Waals surface area contributed by atoms with Gasteiger partial charge in [-0.25, -0.2) is 0 Å². The van der Waals surface area contributed by atoms with E-state index in [2.05, 4.69) is 30.8 Å². The summed E-state index contributed by atoms with van der Waals surface area (Å²) in [6.07, 6.45) is 2.66. The molecule has 0 aromatic heterocycles. The molecule has 0 aliphatic rings. The first kappa shape index (κ1) is 15.1. The van der Waals surface area contributed by atoms with Crippen molar-refractivity contribution in [2.45, 2.75) is 25.4 Å². The van der Waals surface area contributed by atoms with Gasteiger partial charge in [0, 0.05) is 14.2 Å². The molecular formula is C14H22O3Si. The van der Waals surface area contributed by atoms with Gasteiger partial charge in [0.25, 0.3) is 0 Å². The molecule has 18 heavy (non-hydrogen) atoms. The predicted octanol–water partition coefficient (Wildman–Crippen LogP) is 2.36. The smallest absolute Gasteiger partial charge is 0.162 e. The Labute approximate surface area is 112 Å². The lowest BCUT2D eigenvalue weighted by Crippen LogP contribution is -2.14. The highest BCUT2D eigenvalue weighted by Gasteiger charge is 2.04. The van der Waals surface area contributed by atoms with Gasteiger partial charge in [-0.1, -0.05) is 36.9 Å². The maximum atomic E-state index is 5.73. The number of hydrogen-bond donors (Lipinski definition) is 0. The third-order valence-corrected chi connectivity index (χ3v) is 3.93. The van der Waals surface area contributed by atoms with Crippen LogP contribution in [0, 0.1) is 0 Å². The highest BCUT2D eigenvalue weighted by Crippen LogP contribution is 2.07. The van der Waals surface area contributed by atoms with Crippen molar-refractivity contribution in [3.05, 3.63) is 42.0 Å². The van der Waals surface area contributed by atoms with Crippen LogP contribution >= 0.6 is 0 Å². The largest absolute Gasteiger partial charge is 0.420 e. The molecule has 0 unspecified atom stereocenters. The van der Waals surface area contributed by atoms with Gasteiger partial charge in [0.15, 0.2) is 16.1 Å². The first-order valence-corrected chi connectivity index (χ1v) is 7.72. The number of ether oxygens (including phenoxy) is 2. The predicted molar refractivity (Wildman–Crippen MR) is 77.1 cm³/mol. The first-order chi connectivity index (χ1) is 8.80. The van der Waals surface area contributed by atoms with Gasteiger partial charge in [-0.05, 0) is 23.6 Å². The average Bonchev–Trinajstić information content (AvgIpc) is 2.43. The molecule has 0 atom stereocenters. The molecule has 1 rings (SSSR count). The highest BCUT2D eigenvalue weighted by molar-refractivity contribution is 6.26. The number of methoxy groups -OCH3 is 2. The van der Waals surface area contributed by atoms with Crippen molar-refractivity contribution in [3.63, 3.8) is 0 Å². The Morgan fingerprint density at radius 1 is 1.22 bits per heavy atom. The molecule has 100 valence electrons. The Hall–Kier alpha value is -0.943. The monoisotopic (exact) mass is 266 g/mol. The van der Waals surface area contributed by atoms with Crippen LogP contribution in [0.4, 0.5) is 0 Å². The molecule has 0 radical (unpaired) electrons. The van der Waals surface area contributed by atoms with Gasteiger partial charge in [-0.15, -0.1) is 0 Å². The van der Waals surface area contributed by atoms with Crippen molar-refractivity contribution >= 4 is 15.8 Å². The molecule has 0 aliphatic carbocycles. The van der Waals surface area contributed by atoms with E-state index in [1.165, 1.54) is 5.56 Å². The molecule has 0 bridgehead atoms. The molecule has 3 nitrogen and oxygen atoms in total. The lowest BCUT2D eigenvalue weighted by molar-refractivity contribution is -0.103. The van der Waals surface area contributed by atoms with Gasteiger partial charge in [0.2, 0.25) is 0 Å². The highest BCUT2D eigenvalue weighted by atomic mass is 28.2. The number of rotatable bonds is 9. The molecule has 0 fully saturated rings. The SMILES string of the molecule is C=Cc1ccc(CO[SiH2]CCC(OC)OC)cc1. The van der Waals surface area contributed by atoms with Gasteiger partial charge < -0.3 is 13.9 Å². The molecule has 0 aliphatic heterocycles. The lowest BCUT2D eigenvalue weighted by atomic mass is 10.1. The third kappa shape index (κ3) is 5.60. The molecule has 4 heteroatoms. The van der Waals surface area contributed by atoms with Crippen molar-refractivity contribution in [1.82, 2.24) is 0 Å². The Morgan fingerprint density at radius 2 is 1.89 bits per heavy atom. The Morgan fingerprint density at radius 3 is 2.44 bits per heavy atom. The van der Waals surface area contributed by atoms with Gasteiger partial charge in [0.05, 0.1) is 6.61 Å². The number of hydrogen-bond acceptors (Lipinski definition) is 3. The minimum atomic E-state index is -0.489. The fourth-order valence-electron chi connectivity index (χ4n) is 1.62. The summed E-state index contributed by atoms with van der Waals surface area (Å²) in [4.78, 5) is 0. The summed E-state index contributed by atoms with van der Waals surface area (Å²) in [5, 5.41) is 0. The second kappa shape index (κ2) is 9.05. The summed E-state index contributed by atoms with van der Waals surface area (Å²) in [5.41, 5.74) is 2.35. The minimum absolute atomic E-state index is 0.0898. The van der Waals surface area contributed by atoms with Gasteiger partial charge in [0.1, 0.15) is 0 Å². The van der Waals surface area contributed by atoms with Gasteiger partial charge in [-0.3, -0.25) is 0 Å². The van der Waals surface area contributed by atoms with E-state index in [-0.39, 0.29) is 6.29 Å². The third-order valence-electron chi connectivity index (χ3n) is 2.74. The van der Waals surface area contributed by atoms with E-state index in [0.717, 1.165) is 18.0 Å². The fourth-order valence-corrected chi connectivity index (χ4v) is 2.71. The van der Waals surface area contributed by atoms with Crippen molar-refractivity contribution in [2.75, 3.05) is 14.2 Å². The summed E-state index contributed by atoms with van der Waals surface area (Å²) in [7, 11) is 2.84. The lowest BCUT2D eigenvalue weighted by Gasteiger charge is -2.12. The average molecular weight is 266 g/mol. The van der Waals surface area contributed by atoms with Crippen LogP contribution in [0.15, 0.2) is 30.8 Å². The Kier molecular flexibility index (Phi) is 7.60. The van der Waals surface area contributed by atoms with Crippen molar-refractivity contribution in [2.24, 2.45) is 0 Å². The van der Waals surface area contributed by atoms with Gasteiger partial charge >= 0.3 is 0 Å². The molecule has 0 saturated carbocycles. The van der Waals surface area contributed by atoms with Crippen molar-refractivity contribution in [1.29, 1.82) is 0 Å². The van der Waals surface area contributed by atoms with Crippen LogP contribution in [-0.4, -0.2) is 30.3 Å². The van der Waals surface area contributed by atoms with Gasteiger partial charge in [-0.2, -0.15) is 0 Å². The van der Waals surface area contributed by atoms with Crippen LogP contribution in [0.25, 0.3) is 6.08 Å². The van der Waals surface area contributed by atoms with Crippen LogP contribution in [0.3, 0.4) is 0 Å². The van der Waals surface area contributed by atoms with E-state index >= 15 is 0 Å².